The molecule has 1 aliphatic heterocycles. The van der Waals surface area contributed by atoms with E-state index in [4.69, 9.17) is 9.26 Å². The molecule has 0 radical (unpaired) electrons. The second-order valence-electron chi connectivity index (χ2n) is 6.69. The lowest BCUT2D eigenvalue weighted by molar-refractivity contribution is -0.0106. The van der Waals surface area contributed by atoms with Crippen molar-refractivity contribution in [3.05, 3.63) is 11.7 Å². The predicted molar refractivity (Wildman–Crippen MR) is 79.8 cm³/mol. The quantitative estimate of drug-likeness (QED) is 0.922. The van der Waals surface area contributed by atoms with Crippen molar-refractivity contribution in [3.63, 3.8) is 0 Å². The van der Waals surface area contributed by atoms with Crippen LogP contribution in [0.25, 0.3) is 0 Å². The molecule has 0 amide bonds. The van der Waals surface area contributed by atoms with E-state index in [-0.39, 0.29) is 6.04 Å². The molecule has 2 aliphatic rings. The molecule has 1 saturated heterocycles. The Kier molecular flexibility index (Phi) is 4.31. The molecule has 0 bridgehead atoms. The molecule has 4 unspecified atom stereocenters. The van der Waals surface area contributed by atoms with Gasteiger partial charge in [0.1, 0.15) is 5.60 Å². The van der Waals surface area contributed by atoms with Gasteiger partial charge in [0.25, 0.3) is 0 Å². The summed E-state index contributed by atoms with van der Waals surface area (Å²) in [5.41, 5.74) is -0.455. The average Bonchev–Trinajstić information content (AvgIpc) is 3.04. The maximum atomic E-state index is 5.55. The molecule has 5 heteroatoms. The third-order valence-electron chi connectivity index (χ3n) is 5.49. The third-order valence-corrected chi connectivity index (χ3v) is 5.49. The second kappa shape index (κ2) is 6.05. The highest BCUT2D eigenvalue weighted by molar-refractivity contribution is 5.03. The first-order valence-corrected chi connectivity index (χ1v) is 8.31. The maximum absolute atomic E-state index is 5.55. The summed E-state index contributed by atoms with van der Waals surface area (Å²) in [6, 6.07) is 0.844. The molecule has 2 heterocycles. The van der Waals surface area contributed by atoms with Crippen molar-refractivity contribution in [2.24, 2.45) is 5.92 Å². The second-order valence-corrected chi connectivity index (χ2v) is 6.69. The zero-order valence-corrected chi connectivity index (χ0v) is 13.4. The fraction of sp³-hybridized carbons (Fsp3) is 0.875. The van der Waals surface area contributed by atoms with Gasteiger partial charge in [0.15, 0.2) is 0 Å². The minimum atomic E-state index is -0.455. The molecule has 3 rings (SSSR count). The summed E-state index contributed by atoms with van der Waals surface area (Å²) in [5, 5.41) is 7.89. The molecule has 0 spiro atoms. The minimum Gasteiger partial charge on any atom is -0.370 e. The predicted octanol–water partition coefficient (Wildman–Crippen LogP) is 3.32. The van der Waals surface area contributed by atoms with Gasteiger partial charge >= 0.3 is 0 Å². The first kappa shape index (κ1) is 15.0. The molecule has 1 aromatic heterocycles. The highest BCUT2D eigenvalue weighted by Gasteiger charge is 2.36. The van der Waals surface area contributed by atoms with E-state index in [1.165, 1.54) is 32.1 Å². The van der Waals surface area contributed by atoms with Crippen molar-refractivity contribution in [1.29, 1.82) is 0 Å². The van der Waals surface area contributed by atoms with Crippen molar-refractivity contribution in [2.75, 3.05) is 7.11 Å². The highest BCUT2D eigenvalue weighted by Crippen LogP contribution is 2.37. The van der Waals surface area contributed by atoms with Crippen LogP contribution in [0.3, 0.4) is 0 Å². The van der Waals surface area contributed by atoms with E-state index in [2.05, 4.69) is 22.4 Å². The first-order valence-electron chi connectivity index (χ1n) is 8.31. The average molecular weight is 293 g/mol. The van der Waals surface area contributed by atoms with Gasteiger partial charge in [-0.15, -0.1) is 0 Å². The van der Waals surface area contributed by atoms with Crippen LogP contribution in [0, 0.1) is 5.92 Å². The molecule has 118 valence electrons. The number of piperidine rings is 1. The van der Waals surface area contributed by atoms with Crippen LogP contribution < -0.4 is 5.32 Å². The lowest BCUT2D eigenvalue weighted by atomic mass is 9.78. The number of methoxy groups -OCH3 is 1. The molecule has 1 aromatic rings. The Morgan fingerprint density at radius 3 is 2.86 bits per heavy atom. The molecule has 5 nitrogen and oxygen atoms in total. The Morgan fingerprint density at radius 2 is 2.10 bits per heavy atom. The molecule has 0 aromatic carbocycles. The Morgan fingerprint density at radius 1 is 1.29 bits per heavy atom. The SMILES string of the molecule is CCC(C)(OC)c1noc(C2CCC3CCCCC3N2)n1. The number of hydrogen-bond donors (Lipinski definition) is 1. The zero-order chi connectivity index (χ0) is 14.9. The number of nitrogens with zero attached hydrogens (tertiary/aromatic N) is 2. The molecule has 1 N–H and O–H groups in total. The van der Waals surface area contributed by atoms with Gasteiger partial charge in [-0.2, -0.15) is 4.98 Å². The van der Waals surface area contributed by atoms with Gasteiger partial charge in [0.05, 0.1) is 6.04 Å². The Balaban J connectivity index is 1.72. The summed E-state index contributed by atoms with van der Waals surface area (Å²) in [4.78, 5) is 4.62. The van der Waals surface area contributed by atoms with E-state index >= 15 is 0 Å². The van der Waals surface area contributed by atoms with Gasteiger partial charge in [0, 0.05) is 13.2 Å². The van der Waals surface area contributed by atoms with Gasteiger partial charge in [-0.1, -0.05) is 24.9 Å². The molecular weight excluding hydrogens is 266 g/mol. The normalized spacial score (nSPS) is 32.4. The van der Waals surface area contributed by atoms with Crippen molar-refractivity contribution in [3.8, 4) is 0 Å². The standard InChI is InChI=1S/C16H27N3O2/c1-4-16(2,20-3)15-18-14(21-19-15)13-10-9-11-7-5-6-8-12(11)17-13/h11-13,17H,4-10H2,1-3H3. The van der Waals surface area contributed by atoms with Crippen LogP contribution in [-0.4, -0.2) is 23.3 Å². The molecule has 1 saturated carbocycles. The van der Waals surface area contributed by atoms with Crippen LogP contribution in [0.2, 0.25) is 0 Å². The summed E-state index contributed by atoms with van der Waals surface area (Å²) in [7, 11) is 1.70. The lowest BCUT2D eigenvalue weighted by Crippen LogP contribution is -2.44. The summed E-state index contributed by atoms with van der Waals surface area (Å²) in [6.07, 6.45) is 8.58. The monoisotopic (exact) mass is 293 g/mol. The maximum Gasteiger partial charge on any atom is 0.243 e. The van der Waals surface area contributed by atoms with Gasteiger partial charge in [-0.3, -0.25) is 0 Å². The number of nitrogens with one attached hydrogen (secondary N) is 1. The Bertz CT molecular complexity index is 470. The molecule has 4 atom stereocenters. The van der Waals surface area contributed by atoms with Gasteiger partial charge in [0.2, 0.25) is 11.7 Å². The van der Waals surface area contributed by atoms with Crippen LogP contribution in [0.4, 0.5) is 0 Å². The van der Waals surface area contributed by atoms with Crippen molar-refractivity contribution >= 4 is 0 Å². The molecule has 21 heavy (non-hydrogen) atoms. The van der Waals surface area contributed by atoms with Crippen molar-refractivity contribution in [2.45, 2.75) is 76.5 Å². The number of aromatic nitrogens is 2. The van der Waals surface area contributed by atoms with Crippen molar-refractivity contribution in [1.82, 2.24) is 15.5 Å². The fourth-order valence-corrected chi connectivity index (χ4v) is 3.68. The van der Waals surface area contributed by atoms with Gasteiger partial charge in [-0.25, -0.2) is 0 Å². The van der Waals surface area contributed by atoms with E-state index in [0.717, 1.165) is 24.7 Å². The zero-order valence-electron chi connectivity index (χ0n) is 13.4. The van der Waals surface area contributed by atoms with Crippen LogP contribution in [-0.2, 0) is 10.3 Å². The molecular formula is C16H27N3O2. The number of hydrogen-bond acceptors (Lipinski definition) is 5. The minimum absolute atomic E-state index is 0.212. The fourth-order valence-electron chi connectivity index (χ4n) is 3.68. The van der Waals surface area contributed by atoms with Gasteiger partial charge < -0.3 is 14.6 Å². The smallest absolute Gasteiger partial charge is 0.243 e. The number of ether oxygens (including phenoxy) is 1. The Labute approximate surface area is 126 Å². The molecule has 2 fully saturated rings. The van der Waals surface area contributed by atoms with Crippen LogP contribution in [0.15, 0.2) is 4.52 Å². The van der Waals surface area contributed by atoms with E-state index in [1.807, 2.05) is 6.92 Å². The highest BCUT2D eigenvalue weighted by atomic mass is 16.5. The summed E-state index contributed by atoms with van der Waals surface area (Å²) < 4.78 is 11.1. The number of fused-ring (bicyclic) bond motifs is 1. The lowest BCUT2D eigenvalue weighted by Gasteiger charge is -2.39. The number of rotatable bonds is 4. The van der Waals surface area contributed by atoms with E-state index in [0.29, 0.717) is 11.9 Å². The topological polar surface area (TPSA) is 60.2 Å². The van der Waals surface area contributed by atoms with Gasteiger partial charge in [-0.05, 0) is 44.9 Å². The summed E-state index contributed by atoms with van der Waals surface area (Å²) >= 11 is 0. The first-order chi connectivity index (χ1) is 10.2. The van der Waals surface area contributed by atoms with Crippen LogP contribution in [0.5, 0.6) is 0 Å². The largest absolute Gasteiger partial charge is 0.370 e. The Hall–Kier alpha value is -0.940. The van der Waals surface area contributed by atoms with E-state index in [1.54, 1.807) is 7.11 Å². The summed E-state index contributed by atoms with van der Waals surface area (Å²) in [6.45, 7) is 4.08. The van der Waals surface area contributed by atoms with Crippen LogP contribution >= 0.6 is 0 Å². The van der Waals surface area contributed by atoms with Crippen LogP contribution in [0.1, 0.15) is 76.6 Å². The van der Waals surface area contributed by atoms with E-state index < -0.39 is 5.60 Å². The van der Waals surface area contributed by atoms with E-state index in [9.17, 15) is 0 Å². The van der Waals surface area contributed by atoms with Crippen molar-refractivity contribution < 1.29 is 9.26 Å². The third kappa shape index (κ3) is 2.86. The molecule has 1 aliphatic carbocycles. The summed E-state index contributed by atoms with van der Waals surface area (Å²) in [5.74, 6) is 2.23.